The smallest absolute Gasteiger partial charge is 0.274 e. The molecule has 20 heavy (non-hydrogen) atoms. The molecule has 6 heteroatoms. The first kappa shape index (κ1) is 12.5. The van der Waals surface area contributed by atoms with Crippen LogP contribution in [0.15, 0.2) is 36.4 Å². The zero-order valence-electron chi connectivity index (χ0n) is 10.5. The van der Waals surface area contributed by atoms with Crippen molar-refractivity contribution in [3.63, 3.8) is 0 Å². The Labute approximate surface area is 114 Å². The van der Waals surface area contributed by atoms with Crippen molar-refractivity contribution in [3.8, 4) is 0 Å². The summed E-state index contributed by atoms with van der Waals surface area (Å²) in [5.41, 5.74) is -1.08. The lowest BCUT2D eigenvalue weighted by Gasteiger charge is -2.30. The van der Waals surface area contributed by atoms with Crippen LogP contribution in [0.25, 0.3) is 0 Å². The molecule has 2 unspecified atom stereocenters. The SMILES string of the molecule is O=C1NC(=O)C2(c3ccccc3[N+](=O)[O-])C=CCCC12. The van der Waals surface area contributed by atoms with Crippen molar-refractivity contribution in [1.29, 1.82) is 0 Å². The number of carbonyl (C=O) groups excluding carboxylic acids is 2. The molecular formula is C14H12N2O4. The predicted molar refractivity (Wildman–Crippen MR) is 69.8 cm³/mol. The fourth-order valence-electron chi connectivity index (χ4n) is 3.13. The number of rotatable bonds is 2. The van der Waals surface area contributed by atoms with Crippen LogP contribution in [0, 0.1) is 16.0 Å². The minimum Gasteiger partial charge on any atom is -0.295 e. The van der Waals surface area contributed by atoms with E-state index in [1.54, 1.807) is 24.3 Å². The number of hydrogen-bond donors (Lipinski definition) is 1. The van der Waals surface area contributed by atoms with Crippen LogP contribution in [0.3, 0.4) is 0 Å². The standard InChI is InChI=1S/C14H12N2O4/c17-12-10-6-3-4-8-14(10,13(18)15-12)9-5-1-2-7-11(9)16(19)20/h1-2,4-5,7-8,10H,3,6H2,(H,15,17,18). The fraction of sp³-hybridized carbons (Fsp3) is 0.286. The van der Waals surface area contributed by atoms with Crippen molar-refractivity contribution in [2.75, 3.05) is 0 Å². The van der Waals surface area contributed by atoms with Gasteiger partial charge in [-0.2, -0.15) is 0 Å². The summed E-state index contributed by atoms with van der Waals surface area (Å²) in [4.78, 5) is 34.9. The number of amides is 2. The number of nitro benzene ring substituents is 1. The molecule has 6 nitrogen and oxygen atoms in total. The van der Waals surface area contributed by atoms with Crippen molar-refractivity contribution in [1.82, 2.24) is 5.32 Å². The van der Waals surface area contributed by atoms with Gasteiger partial charge >= 0.3 is 0 Å². The highest BCUT2D eigenvalue weighted by atomic mass is 16.6. The van der Waals surface area contributed by atoms with Gasteiger partial charge < -0.3 is 0 Å². The van der Waals surface area contributed by atoms with Crippen molar-refractivity contribution in [3.05, 3.63) is 52.1 Å². The van der Waals surface area contributed by atoms with E-state index in [-0.39, 0.29) is 17.2 Å². The Morgan fingerprint density at radius 3 is 2.80 bits per heavy atom. The highest BCUT2D eigenvalue weighted by molar-refractivity contribution is 6.12. The fourth-order valence-corrected chi connectivity index (χ4v) is 3.13. The van der Waals surface area contributed by atoms with E-state index in [1.807, 2.05) is 6.08 Å². The van der Waals surface area contributed by atoms with Crippen LogP contribution in [-0.2, 0) is 15.0 Å². The molecule has 2 amide bonds. The number of hydrogen-bond acceptors (Lipinski definition) is 4. The number of carbonyl (C=O) groups is 2. The number of benzene rings is 1. The molecule has 1 N–H and O–H groups in total. The average molecular weight is 272 g/mol. The molecule has 0 bridgehead atoms. The molecule has 0 spiro atoms. The van der Waals surface area contributed by atoms with Crippen molar-refractivity contribution < 1.29 is 14.5 Å². The lowest BCUT2D eigenvalue weighted by Crippen LogP contribution is -2.39. The second-order valence-electron chi connectivity index (χ2n) is 4.99. The molecule has 2 aliphatic rings. The Kier molecular flexibility index (Phi) is 2.67. The number of allylic oxidation sites excluding steroid dienone is 1. The molecule has 0 saturated carbocycles. The summed E-state index contributed by atoms with van der Waals surface area (Å²) in [6, 6.07) is 6.11. The number of fused-ring (bicyclic) bond motifs is 1. The van der Waals surface area contributed by atoms with E-state index >= 15 is 0 Å². The first-order valence-electron chi connectivity index (χ1n) is 6.34. The van der Waals surface area contributed by atoms with Crippen LogP contribution in [-0.4, -0.2) is 16.7 Å². The monoisotopic (exact) mass is 272 g/mol. The molecular weight excluding hydrogens is 260 g/mol. The Hall–Kier alpha value is -2.50. The number of para-hydroxylation sites is 1. The molecule has 1 fully saturated rings. The highest BCUT2D eigenvalue weighted by Crippen LogP contribution is 2.46. The van der Waals surface area contributed by atoms with Crippen LogP contribution >= 0.6 is 0 Å². The molecule has 1 aliphatic carbocycles. The van der Waals surface area contributed by atoms with E-state index < -0.39 is 22.2 Å². The Balaban J connectivity index is 2.27. The van der Waals surface area contributed by atoms with Gasteiger partial charge in [-0.25, -0.2) is 0 Å². The third kappa shape index (κ3) is 1.51. The van der Waals surface area contributed by atoms with Gasteiger partial charge in [-0.3, -0.25) is 25.0 Å². The van der Waals surface area contributed by atoms with Crippen molar-refractivity contribution in [2.24, 2.45) is 5.92 Å². The molecule has 3 rings (SSSR count). The van der Waals surface area contributed by atoms with Crippen LogP contribution in [0.1, 0.15) is 18.4 Å². The maximum Gasteiger partial charge on any atom is 0.274 e. The lowest BCUT2D eigenvalue weighted by molar-refractivity contribution is -0.385. The Morgan fingerprint density at radius 2 is 2.05 bits per heavy atom. The summed E-state index contributed by atoms with van der Waals surface area (Å²) in [6.07, 6.45) is 4.66. The number of nitrogens with one attached hydrogen (secondary N) is 1. The predicted octanol–water partition coefficient (Wildman–Crippen LogP) is 1.46. The van der Waals surface area contributed by atoms with Gasteiger partial charge in [0.05, 0.1) is 16.4 Å². The van der Waals surface area contributed by atoms with Gasteiger partial charge in [0.15, 0.2) is 0 Å². The van der Waals surface area contributed by atoms with E-state index in [9.17, 15) is 19.7 Å². The van der Waals surface area contributed by atoms with Gasteiger partial charge in [-0.15, -0.1) is 0 Å². The maximum atomic E-state index is 12.3. The van der Waals surface area contributed by atoms with Gasteiger partial charge in [0.25, 0.3) is 5.69 Å². The van der Waals surface area contributed by atoms with Gasteiger partial charge in [-0.05, 0) is 12.8 Å². The van der Waals surface area contributed by atoms with Gasteiger partial charge in [-0.1, -0.05) is 30.4 Å². The summed E-state index contributed by atoms with van der Waals surface area (Å²) >= 11 is 0. The minimum absolute atomic E-state index is 0.131. The molecule has 1 aromatic rings. The normalized spacial score (nSPS) is 28.1. The Morgan fingerprint density at radius 1 is 1.30 bits per heavy atom. The van der Waals surface area contributed by atoms with E-state index in [0.717, 1.165) is 0 Å². The van der Waals surface area contributed by atoms with Gasteiger partial charge in [0.1, 0.15) is 5.41 Å². The largest absolute Gasteiger partial charge is 0.295 e. The summed E-state index contributed by atoms with van der Waals surface area (Å²) in [5.74, 6) is -1.39. The topological polar surface area (TPSA) is 89.3 Å². The molecule has 2 atom stereocenters. The third-order valence-corrected chi connectivity index (χ3v) is 4.03. The second-order valence-corrected chi connectivity index (χ2v) is 4.99. The first-order chi connectivity index (χ1) is 9.57. The molecule has 0 aromatic heterocycles. The zero-order chi connectivity index (χ0) is 14.3. The van der Waals surface area contributed by atoms with Crippen LogP contribution in [0.2, 0.25) is 0 Å². The molecule has 1 heterocycles. The van der Waals surface area contributed by atoms with E-state index in [1.165, 1.54) is 6.07 Å². The zero-order valence-corrected chi connectivity index (χ0v) is 10.5. The average Bonchev–Trinajstić information content (AvgIpc) is 2.72. The first-order valence-corrected chi connectivity index (χ1v) is 6.34. The van der Waals surface area contributed by atoms with Crippen molar-refractivity contribution in [2.45, 2.75) is 18.3 Å². The highest BCUT2D eigenvalue weighted by Gasteiger charge is 2.57. The second kappa shape index (κ2) is 4.26. The van der Waals surface area contributed by atoms with Crippen LogP contribution in [0.4, 0.5) is 5.69 Å². The minimum atomic E-state index is -1.24. The number of nitro groups is 1. The van der Waals surface area contributed by atoms with E-state index in [4.69, 9.17) is 0 Å². The van der Waals surface area contributed by atoms with E-state index in [2.05, 4.69) is 5.32 Å². The molecule has 1 saturated heterocycles. The summed E-state index contributed by atoms with van der Waals surface area (Å²) in [7, 11) is 0. The van der Waals surface area contributed by atoms with Crippen LogP contribution < -0.4 is 5.32 Å². The molecule has 0 radical (unpaired) electrons. The summed E-state index contributed by atoms with van der Waals surface area (Å²) in [6.45, 7) is 0. The maximum absolute atomic E-state index is 12.3. The lowest BCUT2D eigenvalue weighted by atomic mass is 9.67. The molecule has 102 valence electrons. The number of nitrogens with zero attached hydrogens (tertiary/aromatic N) is 1. The van der Waals surface area contributed by atoms with Gasteiger partial charge in [0, 0.05) is 6.07 Å². The third-order valence-electron chi connectivity index (χ3n) is 4.03. The summed E-state index contributed by atoms with van der Waals surface area (Å²) in [5, 5.41) is 13.5. The van der Waals surface area contributed by atoms with Crippen molar-refractivity contribution >= 4 is 17.5 Å². The number of imide groups is 1. The Bertz CT molecular complexity index is 652. The quantitative estimate of drug-likeness (QED) is 0.382. The van der Waals surface area contributed by atoms with E-state index in [0.29, 0.717) is 12.8 Å². The summed E-state index contributed by atoms with van der Waals surface area (Å²) < 4.78 is 0. The molecule has 1 aliphatic heterocycles. The van der Waals surface area contributed by atoms with Gasteiger partial charge in [0.2, 0.25) is 11.8 Å². The molecule has 1 aromatic carbocycles. The van der Waals surface area contributed by atoms with Crippen LogP contribution in [0.5, 0.6) is 0 Å².